The second-order valence-electron chi connectivity index (χ2n) is 6.74. The Balaban J connectivity index is 1.86. The van der Waals surface area contributed by atoms with Crippen molar-refractivity contribution in [2.45, 2.75) is 51.7 Å². The Morgan fingerprint density at radius 2 is 2.24 bits per heavy atom. The molecule has 1 saturated carbocycles. The smallest absolute Gasteiger partial charge is 0.227 e. The molecular weight excluding hydrogens is 382 g/mol. The van der Waals surface area contributed by atoms with Gasteiger partial charge in [0.15, 0.2) is 5.52 Å². The molecule has 0 amide bonds. The predicted octanol–water partition coefficient (Wildman–Crippen LogP) is 4.63. The van der Waals surface area contributed by atoms with Gasteiger partial charge >= 0.3 is 0 Å². The van der Waals surface area contributed by atoms with Gasteiger partial charge in [-0.25, -0.2) is 4.98 Å². The van der Waals surface area contributed by atoms with Gasteiger partial charge in [-0.05, 0) is 37.8 Å². The van der Waals surface area contributed by atoms with Gasteiger partial charge in [-0.1, -0.05) is 29.3 Å². The molecule has 0 aliphatic heterocycles. The normalized spacial score (nSPS) is 15.1. The maximum atomic E-state index is 12.4. The molecule has 0 radical (unpaired) electrons. The topological polar surface area (TPSA) is 54.0 Å². The van der Waals surface area contributed by atoms with Crippen molar-refractivity contribution >= 4 is 37.9 Å². The van der Waals surface area contributed by atoms with E-state index in [1.165, 1.54) is 6.42 Å². The summed E-state index contributed by atoms with van der Waals surface area (Å²) in [5, 5.41) is 13.4. The lowest BCUT2D eigenvalue weighted by Gasteiger charge is -2.29. The molecular formula is C19H22BrN3O2. The monoisotopic (exact) mass is 403 g/mol. The predicted molar refractivity (Wildman–Crippen MR) is 101 cm³/mol. The van der Waals surface area contributed by atoms with E-state index in [9.17, 15) is 5.21 Å². The summed E-state index contributed by atoms with van der Waals surface area (Å²) in [6.07, 6.45) is 7.35. The molecule has 6 heteroatoms. The van der Waals surface area contributed by atoms with Crippen molar-refractivity contribution in [1.82, 2.24) is 9.55 Å². The molecule has 0 unspecified atom stereocenters. The fourth-order valence-electron chi connectivity index (χ4n) is 3.47. The summed E-state index contributed by atoms with van der Waals surface area (Å²) in [4.78, 5) is 4.75. The summed E-state index contributed by atoms with van der Waals surface area (Å²) in [6.45, 7) is 3.41. The van der Waals surface area contributed by atoms with Crippen molar-refractivity contribution in [3.8, 4) is 0 Å². The minimum Gasteiger partial charge on any atom is -0.618 e. The van der Waals surface area contributed by atoms with Crippen molar-refractivity contribution in [1.29, 1.82) is 0 Å². The van der Waals surface area contributed by atoms with E-state index in [0.717, 1.165) is 63.7 Å². The number of imidazole rings is 1. The zero-order valence-corrected chi connectivity index (χ0v) is 16.0. The van der Waals surface area contributed by atoms with Crippen molar-refractivity contribution in [2.75, 3.05) is 6.61 Å². The van der Waals surface area contributed by atoms with Gasteiger partial charge in [0.05, 0.1) is 10.9 Å². The van der Waals surface area contributed by atoms with E-state index < -0.39 is 0 Å². The van der Waals surface area contributed by atoms with Gasteiger partial charge in [-0.15, -0.1) is 0 Å². The number of hydrogen-bond donors (Lipinski definition) is 0. The molecule has 0 spiro atoms. The van der Waals surface area contributed by atoms with Crippen LogP contribution < -0.4 is 4.73 Å². The number of pyridine rings is 1. The third-order valence-electron chi connectivity index (χ3n) is 5.02. The highest BCUT2D eigenvalue weighted by molar-refractivity contribution is 9.10. The van der Waals surface area contributed by atoms with Crippen LogP contribution in [0.1, 0.15) is 50.9 Å². The van der Waals surface area contributed by atoms with Gasteiger partial charge in [-0.2, -0.15) is 4.73 Å². The molecule has 1 fully saturated rings. The third-order valence-corrected chi connectivity index (χ3v) is 5.51. The van der Waals surface area contributed by atoms with Crippen LogP contribution in [0.3, 0.4) is 0 Å². The van der Waals surface area contributed by atoms with E-state index in [2.05, 4.69) is 27.4 Å². The SMILES string of the molecule is CCCCOCc1nc2c[n+]([O-])c3cc(Br)ccc3c2n1C1CCC1. The molecule has 3 aromatic rings. The Bertz CT molecular complexity index is 918. The quantitative estimate of drug-likeness (QED) is 0.342. The van der Waals surface area contributed by atoms with Gasteiger partial charge in [0.2, 0.25) is 11.7 Å². The summed E-state index contributed by atoms with van der Waals surface area (Å²) in [6, 6.07) is 6.33. The van der Waals surface area contributed by atoms with Crippen LogP contribution in [0.5, 0.6) is 0 Å². The number of benzene rings is 1. The van der Waals surface area contributed by atoms with E-state index in [0.29, 0.717) is 18.2 Å². The second-order valence-corrected chi connectivity index (χ2v) is 7.65. The van der Waals surface area contributed by atoms with Crippen LogP contribution in [-0.4, -0.2) is 16.2 Å². The average Bonchev–Trinajstić information content (AvgIpc) is 2.88. The maximum Gasteiger partial charge on any atom is 0.227 e. The number of nitrogens with zero attached hydrogens (tertiary/aromatic N) is 3. The lowest BCUT2D eigenvalue weighted by Crippen LogP contribution is -2.27. The number of hydrogen-bond acceptors (Lipinski definition) is 3. The fraction of sp³-hybridized carbons (Fsp3) is 0.474. The fourth-order valence-corrected chi connectivity index (χ4v) is 3.82. The molecule has 1 aliphatic carbocycles. The molecule has 2 aromatic heterocycles. The first kappa shape index (κ1) is 16.8. The van der Waals surface area contributed by atoms with Gasteiger partial charge in [-0.3, -0.25) is 0 Å². The van der Waals surface area contributed by atoms with Crippen LogP contribution in [0.25, 0.3) is 21.9 Å². The number of fused-ring (bicyclic) bond motifs is 3. The average molecular weight is 404 g/mol. The van der Waals surface area contributed by atoms with Crippen molar-refractivity contribution in [2.24, 2.45) is 0 Å². The highest BCUT2D eigenvalue weighted by atomic mass is 79.9. The van der Waals surface area contributed by atoms with E-state index in [1.807, 2.05) is 18.2 Å². The lowest BCUT2D eigenvalue weighted by molar-refractivity contribution is -0.575. The molecule has 0 N–H and O–H groups in total. The molecule has 1 aliphatic rings. The first-order valence-electron chi connectivity index (χ1n) is 8.99. The number of ether oxygens (including phenoxy) is 1. The van der Waals surface area contributed by atoms with Crippen LogP contribution in [0, 0.1) is 5.21 Å². The summed E-state index contributed by atoms with van der Waals surface area (Å²) in [5.74, 6) is 0.936. The number of aromatic nitrogens is 3. The van der Waals surface area contributed by atoms with Crippen LogP contribution in [0.15, 0.2) is 28.9 Å². The zero-order chi connectivity index (χ0) is 17.4. The maximum absolute atomic E-state index is 12.4. The van der Waals surface area contributed by atoms with Crippen LogP contribution in [0.4, 0.5) is 0 Å². The molecule has 4 rings (SSSR count). The van der Waals surface area contributed by atoms with E-state index in [4.69, 9.17) is 9.72 Å². The molecule has 2 heterocycles. The number of rotatable bonds is 6. The summed E-state index contributed by atoms with van der Waals surface area (Å²) in [5.41, 5.74) is 2.49. The standard InChI is InChI=1S/C19H22BrN3O2/c1-2-3-9-25-12-18-21-16-11-22(24)17-10-13(20)7-8-15(17)19(16)23(18)14-5-4-6-14/h7-8,10-11,14H,2-6,9,12H2,1H3. The largest absolute Gasteiger partial charge is 0.618 e. The number of halogens is 1. The summed E-state index contributed by atoms with van der Waals surface area (Å²) >= 11 is 3.46. The van der Waals surface area contributed by atoms with Crippen molar-refractivity contribution < 1.29 is 9.47 Å². The third kappa shape index (κ3) is 3.02. The van der Waals surface area contributed by atoms with Crippen LogP contribution in [-0.2, 0) is 11.3 Å². The first-order valence-corrected chi connectivity index (χ1v) is 9.78. The highest BCUT2D eigenvalue weighted by Crippen LogP contribution is 2.37. The molecule has 1 aromatic carbocycles. The Morgan fingerprint density at radius 1 is 1.40 bits per heavy atom. The summed E-state index contributed by atoms with van der Waals surface area (Å²) < 4.78 is 9.98. The molecule has 25 heavy (non-hydrogen) atoms. The van der Waals surface area contributed by atoms with Gasteiger partial charge in [0.1, 0.15) is 12.4 Å². The lowest BCUT2D eigenvalue weighted by atomic mass is 9.92. The van der Waals surface area contributed by atoms with E-state index in [1.54, 1.807) is 6.20 Å². The Kier molecular flexibility index (Phi) is 4.65. The molecule has 5 nitrogen and oxygen atoms in total. The Labute approximate surface area is 155 Å². The Hall–Kier alpha value is -1.66. The van der Waals surface area contributed by atoms with E-state index in [-0.39, 0.29) is 0 Å². The number of unbranched alkanes of at least 4 members (excludes halogenated alkanes) is 1. The van der Waals surface area contributed by atoms with E-state index >= 15 is 0 Å². The molecule has 0 atom stereocenters. The first-order chi connectivity index (χ1) is 12.2. The highest BCUT2D eigenvalue weighted by Gasteiger charge is 2.27. The Morgan fingerprint density at radius 3 is 2.96 bits per heavy atom. The minimum absolute atomic E-state index is 0.462. The zero-order valence-electron chi connectivity index (χ0n) is 14.4. The minimum atomic E-state index is 0.462. The second kappa shape index (κ2) is 6.92. The van der Waals surface area contributed by atoms with Crippen LogP contribution >= 0.6 is 15.9 Å². The molecule has 132 valence electrons. The van der Waals surface area contributed by atoms with Crippen LogP contribution in [0.2, 0.25) is 0 Å². The van der Waals surface area contributed by atoms with Crippen molar-refractivity contribution in [3.05, 3.63) is 39.9 Å². The summed E-state index contributed by atoms with van der Waals surface area (Å²) in [7, 11) is 0. The van der Waals surface area contributed by atoms with Gasteiger partial charge < -0.3 is 14.5 Å². The van der Waals surface area contributed by atoms with Gasteiger partial charge in [0.25, 0.3) is 0 Å². The molecule has 0 saturated heterocycles. The molecule has 0 bridgehead atoms. The van der Waals surface area contributed by atoms with Crippen molar-refractivity contribution in [3.63, 3.8) is 0 Å². The van der Waals surface area contributed by atoms with Gasteiger partial charge in [0, 0.05) is 23.2 Å².